The Labute approximate surface area is 178 Å². The van der Waals surface area contributed by atoms with E-state index in [-0.39, 0.29) is 18.9 Å². The number of hydrogen-bond donors (Lipinski definition) is 1. The summed E-state index contributed by atoms with van der Waals surface area (Å²) in [7, 11) is 1.58. The molecule has 0 radical (unpaired) electrons. The second-order valence-corrected chi connectivity index (χ2v) is 7.51. The largest absolute Gasteiger partial charge is 0.495 e. The molecule has 1 amide bonds. The van der Waals surface area contributed by atoms with Gasteiger partial charge in [-0.3, -0.25) is 4.79 Å². The fourth-order valence-electron chi connectivity index (χ4n) is 3.84. The number of nitrogens with one attached hydrogen (secondary N) is 1. The van der Waals surface area contributed by atoms with Crippen LogP contribution in [0.1, 0.15) is 27.7 Å². The first-order valence-electron chi connectivity index (χ1n) is 9.52. The Balaban J connectivity index is 1.47. The highest BCUT2D eigenvalue weighted by Crippen LogP contribution is 2.38. The third-order valence-corrected chi connectivity index (χ3v) is 5.60. The summed E-state index contributed by atoms with van der Waals surface area (Å²) < 4.78 is 16.1. The van der Waals surface area contributed by atoms with Crippen molar-refractivity contribution in [1.29, 1.82) is 0 Å². The molecule has 6 nitrogen and oxygen atoms in total. The van der Waals surface area contributed by atoms with Crippen LogP contribution < -0.4 is 19.5 Å². The zero-order valence-corrected chi connectivity index (χ0v) is 17.0. The van der Waals surface area contributed by atoms with E-state index in [0.717, 1.165) is 22.6 Å². The zero-order valence-electron chi connectivity index (χ0n) is 16.2. The molecule has 3 aromatic carbocycles. The SMILES string of the molecule is COc1ccc(N[C@H]2c3ccccc3C(=O)N2Cc2ccc3c(c2)OCO3)cc1Cl. The number of amides is 1. The average molecular weight is 423 g/mol. The summed E-state index contributed by atoms with van der Waals surface area (Å²) in [4.78, 5) is 15.0. The van der Waals surface area contributed by atoms with Gasteiger partial charge in [-0.2, -0.15) is 0 Å². The van der Waals surface area contributed by atoms with Gasteiger partial charge in [0.1, 0.15) is 11.9 Å². The molecule has 0 saturated carbocycles. The van der Waals surface area contributed by atoms with Crippen molar-refractivity contribution in [2.75, 3.05) is 19.2 Å². The summed E-state index contributed by atoms with van der Waals surface area (Å²) >= 11 is 6.29. The van der Waals surface area contributed by atoms with Crippen molar-refractivity contribution in [2.45, 2.75) is 12.7 Å². The molecular weight excluding hydrogens is 404 g/mol. The summed E-state index contributed by atoms with van der Waals surface area (Å²) in [5.41, 5.74) is 3.37. The molecule has 0 unspecified atom stereocenters. The smallest absolute Gasteiger partial charge is 0.256 e. The zero-order chi connectivity index (χ0) is 20.7. The van der Waals surface area contributed by atoms with E-state index in [4.69, 9.17) is 25.8 Å². The van der Waals surface area contributed by atoms with Gasteiger partial charge < -0.3 is 24.4 Å². The second-order valence-electron chi connectivity index (χ2n) is 7.10. The van der Waals surface area contributed by atoms with Crippen molar-refractivity contribution in [3.8, 4) is 17.2 Å². The Kier molecular flexibility index (Phi) is 4.64. The molecule has 2 aliphatic rings. The van der Waals surface area contributed by atoms with Gasteiger partial charge in [0, 0.05) is 23.4 Å². The third-order valence-electron chi connectivity index (χ3n) is 5.30. The Hall–Kier alpha value is -3.38. The highest BCUT2D eigenvalue weighted by Gasteiger charge is 2.36. The van der Waals surface area contributed by atoms with Gasteiger partial charge in [-0.15, -0.1) is 0 Å². The first kappa shape index (κ1) is 18.6. The number of rotatable bonds is 5. The van der Waals surface area contributed by atoms with Gasteiger partial charge >= 0.3 is 0 Å². The van der Waals surface area contributed by atoms with Gasteiger partial charge in [0.25, 0.3) is 5.91 Å². The van der Waals surface area contributed by atoms with Gasteiger partial charge in [0.15, 0.2) is 11.5 Å². The maximum absolute atomic E-state index is 13.2. The van der Waals surface area contributed by atoms with Crippen LogP contribution in [0.4, 0.5) is 5.69 Å². The molecule has 152 valence electrons. The number of carbonyl (C=O) groups excluding carboxylic acids is 1. The van der Waals surface area contributed by atoms with Crippen molar-refractivity contribution in [3.05, 3.63) is 82.4 Å². The van der Waals surface area contributed by atoms with Crippen LogP contribution >= 0.6 is 11.6 Å². The molecule has 0 bridgehead atoms. The standard InChI is InChI=1S/C23H19ClN2O4/c1-28-19-9-7-15(11-18(19)24)25-22-16-4-2-3-5-17(16)23(27)26(22)12-14-6-8-20-21(10-14)30-13-29-20/h2-11,22,25H,12-13H2,1H3/t22-/m1/s1. The lowest BCUT2D eigenvalue weighted by atomic mass is 10.1. The van der Waals surface area contributed by atoms with Crippen LogP contribution in [0.25, 0.3) is 0 Å². The monoisotopic (exact) mass is 422 g/mol. The van der Waals surface area contributed by atoms with Crippen LogP contribution in [0.3, 0.4) is 0 Å². The van der Waals surface area contributed by atoms with E-state index in [1.165, 1.54) is 0 Å². The molecule has 0 spiro atoms. The number of benzene rings is 3. The van der Waals surface area contributed by atoms with Gasteiger partial charge in [-0.1, -0.05) is 35.9 Å². The lowest BCUT2D eigenvalue weighted by molar-refractivity contribution is 0.0728. The number of nitrogens with zero attached hydrogens (tertiary/aromatic N) is 1. The second kappa shape index (κ2) is 7.46. The molecule has 1 N–H and O–H groups in total. The minimum Gasteiger partial charge on any atom is -0.495 e. The molecule has 0 fully saturated rings. The van der Waals surface area contributed by atoms with E-state index in [2.05, 4.69) is 5.32 Å². The summed E-state index contributed by atoms with van der Waals surface area (Å²) in [5.74, 6) is 1.99. The number of hydrogen-bond acceptors (Lipinski definition) is 5. The Morgan fingerprint density at radius 3 is 2.77 bits per heavy atom. The molecule has 0 aliphatic carbocycles. The summed E-state index contributed by atoms with van der Waals surface area (Å²) in [6.45, 7) is 0.640. The van der Waals surface area contributed by atoms with E-state index in [0.29, 0.717) is 28.6 Å². The lowest BCUT2D eigenvalue weighted by Gasteiger charge is -2.27. The topological polar surface area (TPSA) is 60.0 Å². The van der Waals surface area contributed by atoms with E-state index in [1.54, 1.807) is 24.1 Å². The minimum absolute atomic E-state index is 0.0274. The van der Waals surface area contributed by atoms with Crippen molar-refractivity contribution < 1.29 is 19.0 Å². The molecule has 5 rings (SSSR count). The van der Waals surface area contributed by atoms with Crippen LogP contribution in [0.5, 0.6) is 17.2 Å². The molecule has 30 heavy (non-hydrogen) atoms. The Morgan fingerprint density at radius 2 is 1.93 bits per heavy atom. The minimum atomic E-state index is -0.330. The number of fused-ring (bicyclic) bond motifs is 2. The van der Waals surface area contributed by atoms with Crippen LogP contribution in [0.2, 0.25) is 5.02 Å². The van der Waals surface area contributed by atoms with Crippen LogP contribution in [-0.2, 0) is 6.54 Å². The normalized spacial score (nSPS) is 16.5. The predicted octanol–water partition coefficient (Wildman–Crippen LogP) is 4.84. The van der Waals surface area contributed by atoms with Gasteiger partial charge in [0.2, 0.25) is 6.79 Å². The number of carbonyl (C=O) groups is 1. The van der Waals surface area contributed by atoms with Gasteiger partial charge in [0.05, 0.1) is 12.1 Å². The fourth-order valence-corrected chi connectivity index (χ4v) is 4.10. The molecule has 3 aromatic rings. The highest BCUT2D eigenvalue weighted by molar-refractivity contribution is 6.32. The van der Waals surface area contributed by atoms with Crippen molar-refractivity contribution in [2.24, 2.45) is 0 Å². The van der Waals surface area contributed by atoms with Crippen LogP contribution in [0.15, 0.2) is 60.7 Å². The molecule has 0 aromatic heterocycles. The molecule has 1 atom stereocenters. The number of methoxy groups -OCH3 is 1. The summed E-state index contributed by atoms with van der Waals surface area (Å²) in [6, 6.07) is 18.9. The quantitative estimate of drug-likeness (QED) is 0.637. The average Bonchev–Trinajstić information content (AvgIpc) is 3.32. The highest BCUT2D eigenvalue weighted by atomic mass is 35.5. The van der Waals surface area contributed by atoms with Crippen LogP contribution in [0, 0.1) is 0 Å². The van der Waals surface area contributed by atoms with E-state index >= 15 is 0 Å². The maximum Gasteiger partial charge on any atom is 0.256 e. The summed E-state index contributed by atoms with van der Waals surface area (Å²) in [6.07, 6.45) is -0.330. The van der Waals surface area contributed by atoms with Crippen molar-refractivity contribution in [1.82, 2.24) is 4.90 Å². The van der Waals surface area contributed by atoms with E-state index in [1.807, 2.05) is 48.5 Å². The summed E-state index contributed by atoms with van der Waals surface area (Å²) in [5, 5.41) is 3.95. The van der Waals surface area contributed by atoms with Gasteiger partial charge in [-0.05, 0) is 42.0 Å². The van der Waals surface area contributed by atoms with Crippen molar-refractivity contribution in [3.63, 3.8) is 0 Å². The first-order chi connectivity index (χ1) is 14.6. The first-order valence-corrected chi connectivity index (χ1v) is 9.90. The number of anilines is 1. The molecule has 7 heteroatoms. The maximum atomic E-state index is 13.2. The Morgan fingerprint density at radius 1 is 1.10 bits per heavy atom. The molecule has 0 saturated heterocycles. The lowest BCUT2D eigenvalue weighted by Crippen LogP contribution is -2.31. The number of halogens is 1. The number of ether oxygens (including phenoxy) is 3. The Bertz CT molecular complexity index is 1130. The van der Waals surface area contributed by atoms with Crippen molar-refractivity contribution >= 4 is 23.2 Å². The fraction of sp³-hybridized carbons (Fsp3) is 0.174. The molecule has 2 aliphatic heterocycles. The van der Waals surface area contributed by atoms with Gasteiger partial charge in [-0.25, -0.2) is 0 Å². The van der Waals surface area contributed by atoms with E-state index < -0.39 is 0 Å². The van der Waals surface area contributed by atoms with Crippen LogP contribution in [-0.4, -0.2) is 24.7 Å². The molecule has 2 heterocycles. The predicted molar refractivity (Wildman–Crippen MR) is 113 cm³/mol. The third kappa shape index (κ3) is 3.19. The molecular formula is C23H19ClN2O4. The van der Waals surface area contributed by atoms with E-state index in [9.17, 15) is 4.79 Å².